The number of nitrogens with zero attached hydrogens (tertiary/aromatic N) is 3. The molecule has 2 fully saturated rings. The Labute approximate surface area is 225 Å². The van der Waals surface area contributed by atoms with Crippen molar-refractivity contribution in [1.29, 1.82) is 0 Å². The van der Waals surface area contributed by atoms with Crippen LogP contribution in [-0.4, -0.2) is 52.3 Å². The van der Waals surface area contributed by atoms with Gasteiger partial charge in [-0.2, -0.15) is 0 Å². The van der Waals surface area contributed by atoms with Gasteiger partial charge in [-0.05, 0) is 50.2 Å². The van der Waals surface area contributed by atoms with Crippen molar-refractivity contribution in [2.75, 3.05) is 20.0 Å². The first-order valence-corrected chi connectivity index (χ1v) is 15.5. The third-order valence-electron chi connectivity index (χ3n) is 8.86. The van der Waals surface area contributed by atoms with Crippen molar-refractivity contribution in [3.05, 3.63) is 41.2 Å². The molecule has 0 amide bonds. The SMILES string of the molecule is COc1ccc2nc([S@](=O)Cc3ncc(C)c(OC)c3C)n(S(=O)(=O)C[C@]34CC[C@@H](CC3=O)C4(C)C)c2c1. The number of hydrogen-bond donors (Lipinski definition) is 0. The summed E-state index contributed by atoms with van der Waals surface area (Å²) in [4.78, 5) is 22.1. The molecule has 11 heteroatoms. The molecular weight excluding hydrogens is 526 g/mol. The van der Waals surface area contributed by atoms with Crippen LogP contribution in [0, 0.1) is 30.6 Å². The zero-order valence-electron chi connectivity index (χ0n) is 22.5. The number of methoxy groups -OCH3 is 2. The summed E-state index contributed by atoms with van der Waals surface area (Å²) in [7, 11) is -2.97. The summed E-state index contributed by atoms with van der Waals surface area (Å²) >= 11 is 0. The van der Waals surface area contributed by atoms with E-state index in [1.165, 1.54) is 7.11 Å². The lowest BCUT2D eigenvalue weighted by Crippen LogP contribution is -2.43. The summed E-state index contributed by atoms with van der Waals surface area (Å²) in [5, 5.41) is -0.0943. The largest absolute Gasteiger partial charge is 0.497 e. The molecule has 9 nitrogen and oxygen atoms in total. The number of ether oxygens (including phenoxy) is 2. The standard InChI is InChI=1S/C27H33N3O6S2/c1-16-13-28-21(17(2)24(16)36-6)14-37(32)25-29-20-8-7-19(35-5)12-22(20)30(25)38(33,34)15-27-10-9-18(11-23(27)31)26(27,3)4/h7-8,12-13,18H,9-11,14-15H2,1-6H3/t18-,27+,37+/m0/s1. The van der Waals surface area contributed by atoms with Gasteiger partial charge in [-0.15, -0.1) is 0 Å². The first kappa shape index (κ1) is 26.8. The van der Waals surface area contributed by atoms with Crippen LogP contribution in [0.2, 0.25) is 0 Å². The number of rotatable bonds is 8. The maximum atomic E-state index is 14.2. The Morgan fingerprint density at radius 3 is 2.53 bits per heavy atom. The predicted molar refractivity (Wildman–Crippen MR) is 144 cm³/mol. The molecule has 0 saturated heterocycles. The molecule has 1 aromatic carbocycles. The van der Waals surface area contributed by atoms with Crippen LogP contribution in [0.1, 0.15) is 49.9 Å². The van der Waals surface area contributed by atoms with Gasteiger partial charge in [-0.3, -0.25) is 14.0 Å². The first-order chi connectivity index (χ1) is 17.9. The molecule has 204 valence electrons. The summed E-state index contributed by atoms with van der Waals surface area (Å²) in [5.74, 6) is 0.863. The number of benzene rings is 1. The van der Waals surface area contributed by atoms with Crippen molar-refractivity contribution in [1.82, 2.24) is 13.9 Å². The number of imidazole rings is 1. The molecule has 0 spiro atoms. The number of carbonyl (C=O) groups is 1. The summed E-state index contributed by atoms with van der Waals surface area (Å²) in [5.41, 5.74) is 1.35. The molecule has 2 heterocycles. The van der Waals surface area contributed by atoms with E-state index in [4.69, 9.17) is 9.47 Å². The molecule has 0 unspecified atom stereocenters. The molecular formula is C27H33N3O6S2. The first-order valence-electron chi connectivity index (χ1n) is 12.6. The molecule has 2 saturated carbocycles. The van der Waals surface area contributed by atoms with Crippen LogP contribution < -0.4 is 9.47 Å². The second-order valence-electron chi connectivity index (χ2n) is 11.0. The Morgan fingerprint density at radius 1 is 1.18 bits per heavy atom. The summed E-state index contributed by atoms with van der Waals surface area (Å²) in [6.45, 7) is 7.70. The fourth-order valence-electron chi connectivity index (χ4n) is 6.44. The lowest BCUT2D eigenvalue weighted by Gasteiger charge is -2.36. The van der Waals surface area contributed by atoms with E-state index in [2.05, 4.69) is 9.97 Å². The van der Waals surface area contributed by atoms with Gasteiger partial charge in [-0.25, -0.2) is 17.4 Å². The van der Waals surface area contributed by atoms with Crippen LogP contribution in [0.3, 0.4) is 0 Å². The Kier molecular flexibility index (Phi) is 6.45. The summed E-state index contributed by atoms with van der Waals surface area (Å²) < 4.78 is 54.2. The van der Waals surface area contributed by atoms with Crippen LogP contribution in [-0.2, 0) is 31.4 Å². The lowest BCUT2D eigenvalue weighted by molar-refractivity contribution is -0.128. The van der Waals surface area contributed by atoms with E-state index in [0.29, 0.717) is 35.6 Å². The maximum absolute atomic E-state index is 14.2. The molecule has 0 aliphatic heterocycles. The van der Waals surface area contributed by atoms with Gasteiger partial charge in [0.25, 0.3) is 0 Å². The second kappa shape index (κ2) is 9.15. The highest BCUT2D eigenvalue weighted by Gasteiger charge is 2.65. The van der Waals surface area contributed by atoms with E-state index in [-0.39, 0.29) is 33.9 Å². The molecule has 5 rings (SSSR count). The normalized spacial score (nSPS) is 23.2. The highest BCUT2D eigenvalue weighted by atomic mass is 32.2. The van der Waals surface area contributed by atoms with Crippen LogP contribution in [0.25, 0.3) is 11.0 Å². The summed E-state index contributed by atoms with van der Waals surface area (Å²) in [6, 6.07) is 4.91. The van der Waals surface area contributed by atoms with Crippen LogP contribution >= 0.6 is 0 Å². The number of aryl methyl sites for hydroxylation is 1. The minimum absolute atomic E-state index is 0.00132. The van der Waals surface area contributed by atoms with Gasteiger partial charge in [0.05, 0.1) is 58.7 Å². The number of pyridine rings is 1. The van der Waals surface area contributed by atoms with Crippen molar-refractivity contribution in [3.63, 3.8) is 0 Å². The molecule has 2 aromatic heterocycles. The molecule has 2 bridgehead atoms. The monoisotopic (exact) mass is 559 g/mol. The van der Waals surface area contributed by atoms with E-state index >= 15 is 0 Å². The Hall–Kier alpha value is -2.79. The molecule has 3 atom stereocenters. The Morgan fingerprint density at radius 2 is 1.92 bits per heavy atom. The van der Waals surface area contributed by atoms with Gasteiger partial charge in [0.1, 0.15) is 17.3 Å². The van der Waals surface area contributed by atoms with Crippen molar-refractivity contribution >= 4 is 37.6 Å². The molecule has 2 aliphatic rings. The quantitative estimate of drug-likeness (QED) is 0.407. The van der Waals surface area contributed by atoms with Gasteiger partial charge >= 0.3 is 0 Å². The third kappa shape index (κ3) is 3.88. The Bertz CT molecular complexity index is 1590. The number of hydrogen-bond acceptors (Lipinski definition) is 8. The lowest BCUT2D eigenvalue weighted by atomic mass is 9.70. The number of ketones is 1. The average Bonchev–Trinajstić information content (AvgIpc) is 3.42. The average molecular weight is 560 g/mol. The van der Waals surface area contributed by atoms with E-state index in [9.17, 15) is 17.4 Å². The topological polar surface area (TPSA) is 117 Å². The molecule has 38 heavy (non-hydrogen) atoms. The van der Waals surface area contributed by atoms with E-state index < -0.39 is 31.7 Å². The minimum atomic E-state index is -4.16. The fraction of sp³-hybridized carbons (Fsp3) is 0.519. The van der Waals surface area contributed by atoms with Crippen LogP contribution in [0.5, 0.6) is 11.5 Å². The van der Waals surface area contributed by atoms with Crippen LogP contribution in [0.15, 0.2) is 29.6 Å². The highest BCUT2D eigenvalue weighted by molar-refractivity contribution is 7.91. The van der Waals surface area contributed by atoms with Crippen molar-refractivity contribution in [2.24, 2.45) is 16.7 Å². The van der Waals surface area contributed by atoms with Crippen molar-refractivity contribution < 1.29 is 26.9 Å². The zero-order chi connectivity index (χ0) is 27.6. The number of Topliss-reactive ketones (excluding diaryl/α,β-unsaturated/α-hetero) is 1. The van der Waals surface area contributed by atoms with Crippen molar-refractivity contribution in [3.8, 4) is 11.5 Å². The molecule has 0 radical (unpaired) electrons. The fourth-order valence-corrected chi connectivity index (χ4v) is 10.3. The van der Waals surface area contributed by atoms with E-state index in [1.807, 2.05) is 27.7 Å². The van der Waals surface area contributed by atoms with Gasteiger partial charge in [-0.1, -0.05) is 13.8 Å². The second-order valence-corrected chi connectivity index (χ2v) is 14.1. The Balaban J connectivity index is 1.63. The predicted octanol–water partition coefficient (Wildman–Crippen LogP) is 3.95. The smallest absolute Gasteiger partial charge is 0.242 e. The van der Waals surface area contributed by atoms with Crippen molar-refractivity contribution in [2.45, 2.75) is 57.9 Å². The summed E-state index contributed by atoms with van der Waals surface area (Å²) in [6.07, 6.45) is 3.40. The minimum Gasteiger partial charge on any atom is -0.497 e. The van der Waals surface area contributed by atoms with Gasteiger partial charge in [0.15, 0.2) is 0 Å². The molecule has 0 N–H and O–H groups in total. The highest BCUT2D eigenvalue weighted by Crippen LogP contribution is 2.64. The molecule has 2 aliphatic carbocycles. The van der Waals surface area contributed by atoms with Gasteiger partial charge in [0, 0.05) is 29.8 Å². The van der Waals surface area contributed by atoms with E-state index in [0.717, 1.165) is 21.5 Å². The van der Waals surface area contributed by atoms with Gasteiger partial charge < -0.3 is 9.47 Å². The maximum Gasteiger partial charge on any atom is 0.242 e. The third-order valence-corrected chi connectivity index (χ3v) is 12.0. The number of fused-ring (bicyclic) bond motifs is 3. The number of aromatic nitrogens is 3. The number of carbonyl (C=O) groups excluding carboxylic acids is 1. The molecule has 3 aromatic rings. The van der Waals surface area contributed by atoms with Gasteiger partial charge in [0.2, 0.25) is 15.2 Å². The van der Waals surface area contributed by atoms with Crippen LogP contribution in [0.4, 0.5) is 0 Å². The van der Waals surface area contributed by atoms with E-state index in [1.54, 1.807) is 31.5 Å². The zero-order valence-corrected chi connectivity index (χ0v) is 24.2.